The van der Waals surface area contributed by atoms with Crippen molar-refractivity contribution in [3.05, 3.63) is 0 Å². The van der Waals surface area contributed by atoms with Crippen LogP contribution in [-0.4, -0.2) is 47.5 Å². The molecular formula is C7H14FNOS. The van der Waals surface area contributed by atoms with Crippen LogP contribution in [0.4, 0.5) is 4.39 Å². The van der Waals surface area contributed by atoms with Gasteiger partial charge in [-0.25, -0.2) is 4.39 Å². The standard InChI is InChI=1S/C7H14FNOS/c1-11-5-9-3-2-7(10)6(8)4-9/h6-7,10H,2-5H2,1H3/t6-,7+/m1/s1. The van der Waals surface area contributed by atoms with Crippen LogP contribution in [0, 0.1) is 0 Å². The van der Waals surface area contributed by atoms with E-state index in [1.54, 1.807) is 11.8 Å². The first-order chi connectivity index (χ1) is 5.24. The minimum atomic E-state index is -1.05. The van der Waals surface area contributed by atoms with Crippen molar-refractivity contribution < 1.29 is 9.50 Å². The lowest BCUT2D eigenvalue weighted by atomic mass is 10.1. The van der Waals surface area contributed by atoms with E-state index in [1.165, 1.54) is 0 Å². The number of aliphatic hydroxyl groups excluding tert-OH is 1. The highest BCUT2D eigenvalue weighted by atomic mass is 32.2. The molecule has 0 spiro atoms. The third-order valence-corrected chi connectivity index (χ3v) is 2.53. The molecule has 1 saturated heterocycles. The number of halogens is 1. The Kier molecular flexibility index (Phi) is 3.62. The van der Waals surface area contributed by atoms with Crippen LogP contribution in [-0.2, 0) is 0 Å². The Morgan fingerprint density at radius 2 is 2.45 bits per heavy atom. The van der Waals surface area contributed by atoms with E-state index in [4.69, 9.17) is 5.11 Å². The monoisotopic (exact) mass is 179 g/mol. The molecule has 0 amide bonds. The van der Waals surface area contributed by atoms with Gasteiger partial charge in [0.1, 0.15) is 6.17 Å². The summed E-state index contributed by atoms with van der Waals surface area (Å²) in [4.78, 5) is 2.03. The Morgan fingerprint density at radius 3 is 3.00 bits per heavy atom. The number of likely N-dealkylation sites (tertiary alicyclic amines) is 1. The van der Waals surface area contributed by atoms with Crippen molar-refractivity contribution in [1.82, 2.24) is 4.90 Å². The molecule has 2 nitrogen and oxygen atoms in total. The van der Waals surface area contributed by atoms with Gasteiger partial charge in [0.15, 0.2) is 0 Å². The summed E-state index contributed by atoms with van der Waals surface area (Å²) in [6, 6.07) is 0. The van der Waals surface area contributed by atoms with Crippen molar-refractivity contribution in [2.75, 3.05) is 25.2 Å². The van der Waals surface area contributed by atoms with E-state index in [0.717, 1.165) is 12.4 Å². The predicted molar refractivity (Wildman–Crippen MR) is 45.5 cm³/mol. The fraction of sp³-hybridized carbons (Fsp3) is 1.00. The second-order valence-corrected chi connectivity index (χ2v) is 3.70. The van der Waals surface area contributed by atoms with Crippen LogP contribution in [0.3, 0.4) is 0 Å². The molecule has 0 saturated carbocycles. The molecule has 0 unspecified atom stereocenters. The average Bonchev–Trinajstić information content (AvgIpc) is 1.98. The van der Waals surface area contributed by atoms with Gasteiger partial charge in [-0.1, -0.05) is 0 Å². The van der Waals surface area contributed by atoms with Crippen LogP contribution in [0.25, 0.3) is 0 Å². The number of thioether (sulfide) groups is 1. The fourth-order valence-electron chi connectivity index (χ4n) is 1.26. The van der Waals surface area contributed by atoms with Gasteiger partial charge in [-0.2, -0.15) is 0 Å². The normalized spacial score (nSPS) is 34.1. The molecule has 0 bridgehead atoms. The Hall–Kier alpha value is 0.200. The molecule has 11 heavy (non-hydrogen) atoms. The van der Waals surface area contributed by atoms with Crippen molar-refractivity contribution in [1.29, 1.82) is 0 Å². The minimum absolute atomic E-state index is 0.391. The van der Waals surface area contributed by atoms with E-state index in [2.05, 4.69) is 0 Å². The van der Waals surface area contributed by atoms with Gasteiger partial charge < -0.3 is 5.11 Å². The summed E-state index contributed by atoms with van der Waals surface area (Å²) in [5, 5.41) is 9.06. The molecule has 1 aliphatic rings. The Balaban J connectivity index is 2.28. The predicted octanol–water partition coefficient (Wildman–Crippen LogP) is 0.712. The van der Waals surface area contributed by atoms with Crippen molar-refractivity contribution >= 4 is 11.8 Å². The van der Waals surface area contributed by atoms with Crippen molar-refractivity contribution in [3.63, 3.8) is 0 Å². The smallest absolute Gasteiger partial charge is 0.139 e. The van der Waals surface area contributed by atoms with E-state index in [9.17, 15) is 4.39 Å². The van der Waals surface area contributed by atoms with Crippen LogP contribution in [0.15, 0.2) is 0 Å². The quantitative estimate of drug-likeness (QED) is 0.675. The third-order valence-electron chi connectivity index (χ3n) is 1.90. The summed E-state index contributed by atoms with van der Waals surface area (Å²) >= 11 is 1.69. The van der Waals surface area contributed by atoms with Crippen LogP contribution in [0.2, 0.25) is 0 Å². The lowest BCUT2D eigenvalue weighted by Gasteiger charge is -2.31. The number of hydrogen-bond acceptors (Lipinski definition) is 3. The Morgan fingerprint density at radius 1 is 1.73 bits per heavy atom. The molecule has 0 aromatic carbocycles. The first-order valence-corrected chi connectivity index (χ1v) is 5.17. The summed E-state index contributed by atoms with van der Waals surface area (Å²) in [6.07, 6.45) is 0.795. The second kappa shape index (κ2) is 4.28. The molecule has 1 aliphatic heterocycles. The molecule has 1 N–H and O–H groups in total. The summed E-state index contributed by atoms with van der Waals surface area (Å²) in [7, 11) is 0. The number of piperidine rings is 1. The molecule has 1 heterocycles. The maximum absolute atomic E-state index is 12.8. The van der Waals surface area contributed by atoms with Gasteiger partial charge in [-0.05, 0) is 12.7 Å². The highest BCUT2D eigenvalue weighted by Crippen LogP contribution is 2.15. The molecule has 1 rings (SSSR count). The van der Waals surface area contributed by atoms with Crippen LogP contribution in [0.1, 0.15) is 6.42 Å². The van der Waals surface area contributed by atoms with E-state index in [-0.39, 0.29) is 0 Å². The number of aliphatic hydroxyl groups is 1. The van der Waals surface area contributed by atoms with Crippen molar-refractivity contribution in [2.24, 2.45) is 0 Å². The summed E-state index contributed by atoms with van der Waals surface area (Å²) in [6.45, 7) is 1.21. The molecule has 66 valence electrons. The topological polar surface area (TPSA) is 23.5 Å². The van der Waals surface area contributed by atoms with Crippen molar-refractivity contribution in [2.45, 2.75) is 18.7 Å². The molecule has 4 heteroatoms. The zero-order valence-electron chi connectivity index (χ0n) is 6.66. The fourth-order valence-corrected chi connectivity index (χ4v) is 1.85. The second-order valence-electron chi connectivity index (χ2n) is 2.87. The highest BCUT2D eigenvalue weighted by molar-refractivity contribution is 7.98. The van der Waals surface area contributed by atoms with Gasteiger partial charge in [0.05, 0.1) is 6.10 Å². The summed E-state index contributed by atoms with van der Waals surface area (Å²) in [5.74, 6) is 0.868. The zero-order valence-corrected chi connectivity index (χ0v) is 7.48. The Labute approximate surface area is 70.8 Å². The van der Waals surface area contributed by atoms with E-state index in [1.807, 2.05) is 11.2 Å². The lowest BCUT2D eigenvalue weighted by molar-refractivity contribution is 0.0130. The summed E-state index contributed by atoms with van der Waals surface area (Å²) in [5.41, 5.74) is 0. The van der Waals surface area contributed by atoms with Gasteiger partial charge in [-0.15, -0.1) is 11.8 Å². The Bertz CT molecular complexity index is 125. The van der Waals surface area contributed by atoms with Crippen LogP contribution >= 0.6 is 11.8 Å². The average molecular weight is 179 g/mol. The van der Waals surface area contributed by atoms with E-state index < -0.39 is 12.3 Å². The molecule has 0 aromatic rings. The van der Waals surface area contributed by atoms with E-state index >= 15 is 0 Å². The molecule has 0 aliphatic carbocycles. The molecular weight excluding hydrogens is 165 g/mol. The van der Waals surface area contributed by atoms with Crippen LogP contribution in [0.5, 0.6) is 0 Å². The summed E-state index contributed by atoms with van der Waals surface area (Å²) < 4.78 is 12.8. The maximum Gasteiger partial charge on any atom is 0.139 e. The van der Waals surface area contributed by atoms with Gasteiger partial charge >= 0.3 is 0 Å². The minimum Gasteiger partial charge on any atom is -0.390 e. The zero-order chi connectivity index (χ0) is 8.27. The SMILES string of the molecule is CSCN1CC[C@H](O)[C@H](F)C1. The van der Waals surface area contributed by atoms with Gasteiger partial charge in [0, 0.05) is 19.0 Å². The first kappa shape index (κ1) is 9.29. The number of hydrogen-bond donors (Lipinski definition) is 1. The number of alkyl halides is 1. The molecule has 2 atom stereocenters. The molecule has 1 fully saturated rings. The third kappa shape index (κ3) is 2.61. The van der Waals surface area contributed by atoms with Crippen LogP contribution < -0.4 is 0 Å². The first-order valence-electron chi connectivity index (χ1n) is 3.77. The lowest BCUT2D eigenvalue weighted by Crippen LogP contribution is -2.44. The largest absolute Gasteiger partial charge is 0.390 e. The van der Waals surface area contributed by atoms with Crippen molar-refractivity contribution in [3.8, 4) is 0 Å². The highest BCUT2D eigenvalue weighted by Gasteiger charge is 2.26. The number of rotatable bonds is 2. The van der Waals surface area contributed by atoms with Gasteiger partial charge in [0.25, 0.3) is 0 Å². The maximum atomic E-state index is 12.8. The molecule has 0 aromatic heterocycles. The van der Waals surface area contributed by atoms with E-state index in [0.29, 0.717) is 13.0 Å². The van der Waals surface area contributed by atoms with Gasteiger partial charge in [-0.3, -0.25) is 4.90 Å². The van der Waals surface area contributed by atoms with Gasteiger partial charge in [0.2, 0.25) is 0 Å². The number of nitrogens with zero attached hydrogens (tertiary/aromatic N) is 1. The molecule has 0 radical (unpaired) electrons.